The molecule has 15 heavy (non-hydrogen) atoms. The lowest BCUT2D eigenvalue weighted by Crippen LogP contribution is -1.85. The smallest absolute Gasteiger partial charge is 0.122 e. The van der Waals surface area contributed by atoms with Crippen LogP contribution in [0.3, 0.4) is 0 Å². The zero-order chi connectivity index (χ0) is 10.1. The summed E-state index contributed by atoms with van der Waals surface area (Å²) in [4.78, 5) is 0. The first kappa shape index (κ1) is 8.54. The van der Waals surface area contributed by atoms with Gasteiger partial charge in [-0.3, -0.25) is 0 Å². The van der Waals surface area contributed by atoms with Gasteiger partial charge in [-0.05, 0) is 41.0 Å². The average Bonchev–Trinajstić information content (AvgIpc) is 2.77. The molecule has 0 atom stereocenters. The summed E-state index contributed by atoms with van der Waals surface area (Å²) in [5, 5.41) is 0. The molecular formula is C14H11O. The number of hydrogen-bond acceptors (Lipinski definition) is 1. The summed E-state index contributed by atoms with van der Waals surface area (Å²) in [5.74, 6) is 1.04. The van der Waals surface area contributed by atoms with E-state index in [0.29, 0.717) is 0 Å². The predicted molar refractivity (Wildman–Crippen MR) is 59.9 cm³/mol. The molecule has 1 aliphatic rings. The van der Waals surface area contributed by atoms with Crippen LogP contribution < -0.4 is 4.74 Å². The Hall–Kier alpha value is -1.76. The van der Waals surface area contributed by atoms with Gasteiger partial charge in [0.1, 0.15) is 5.75 Å². The third kappa shape index (κ3) is 1.50. The van der Waals surface area contributed by atoms with E-state index in [1.165, 1.54) is 16.7 Å². The van der Waals surface area contributed by atoms with Crippen LogP contribution in [0.15, 0.2) is 42.5 Å². The van der Waals surface area contributed by atoms with E-state index in [4.69, 9.17) is 4.74 Å². The molecule has 1 radical (unpaired) electrons. The van der Waals surface area contributed by atoms with Gasteiger partial charge in [-0.25, -0.2) is 0 Å². The number of ether oxygens (including phenoxy) is 1. The van der Waals surface area contributed by atoms with Crippen LogP contribution in [0.5, 0.6) is 5.75 Å². The minimum absolute atomic E-state index is 0.819. The summed E-state index contributed by atoms with van der Waals surface area (Å²) >= 11 is 0. The predicted octanol–water partition coefficient (Wildman–Crippen LogP) is 3.09. The van der Waals surface area contributed by atoms with Crippen molar-refractivity contribution in [1.82, 2.24) is 0 Å². The van der Waals surface area contributed by atoms with E-state index in [0.717, 1.165) is 18.8 Å². The van der Waals surface area contributed by atoms with Crippen molar-refractivity contribution in [3.05, 3.63) is 54.1 Å². The van der Waals surface area contributed by atoms with Crippen LogP contribution in [0, 0.1) is 6.07 Å². The Morgan fingerprint density at radius 3 is 3.00 bits per heavy atom. The van der Waals surface area contributed by atoms with Crippen LogP contribution >= 0.6 is 0 Å². The standard InChI is InChI=1S/C14H11O/c1-2-4-11(5-3-1)12-6-7-14-13(10-12)8-9-15-14/h1-2,4-7,10H,8-9H2. The maximum absolute atomic E-state index is 5.48. The van der Waals surface area contributed by atoms with Crippen LogP contribution in [-0.4, -0.2) is 6.61 Å². The molecule has 1 heterocycles. The van der Waals surface area contributed by atoms with Crippen molar-refractivity contribution in [2.75, 3.05) is 6.61 Å². The zero-order valence-electron chi connectivity index (χ0n) is 8.36. The van der Waals surface area contributed by atoms with Crippen LogP contribution in [0.4, 0.5) is 0 Å². The van der Waals surface area contributed by atoms with Gasteiger partial charge in [0.15, 0.2) is 0 Å². The van der Waals surface area contributed by atoms with Gasteiger partial charge in [0.05, 0.1) is 6.61 Å². The van der Waals surface area contributed by atoms with Gasteiger partial charge >= 0.3 is 0 Å². The summed E-state index contributed by atoms with van der Waals surface area (Å²) < 4.78 is 5.48. The van der Waals surface area contributed by atoms with Crippen LogP contribution in [0.1, 0.15) is 5.56 Å². The first-order valence-corrected chi connectivity index (χ1v) is 5.16. The molecule has 3 rings (SSSR count). The Labute approximate surface area is 89.3 Å². The Bertz CT molecular complexity index is 474. The Kier molecular flexibility index (Phi) is 1.95. The molecule has 73 valence electrons. The van der Waals surface area contributed by atoms with Crippen LogP contribution in [0.2, 0.25) is 0 Å². The van der Waals surface area contributed by atoms with E-state index in [1.807, 2.05) is 18.2 Å². The van der Waals surface area contributed by atoms with Gasteiger partial charge < -0.3 is 4.74 Å². The second-order valence-electron chi connectivity index (χ2n) is 3.71. The summed E-state index contributed by atoms with van der Waals surface area (Å²) in [7, 11) is 0. The highest BCUT2D eigenvalue weighted by atomic mass is 16.5. The quantitative estimate of drug-likeness (QED) is 0.679. The van der Waals surface area contributed by atoms with Gasteiger partial charge in [0.2, 0.25) is 0 Å². The summed E-state index contributed by atoms with van der Waals surface area (Å²) in [6.45, 7) is 0.819. The lowest BCUT2D eigenvalue weighted by Gasteiger charge is -2.03. The molecule has 0 bridgehead atoms. The van der Waals surface area contributed by atoms with Gasteiger partial charge in [0.25, 0.3) is 0 Å². The van der Waals surface area contributed by atoms with Gasteiger partial charge in [-0.2, -0.15) is 0 Å². The molecule has 0 unspecified atom stereocenters. The van der Waals surface area contributed by atoms with E-state index in [9.17, 15) is 0 Å². The molecule has 0 saturated carbocycles. The SMILES string of the molecule is [c]1cccc(-c2ccc3c(c2)CCO3)c1. The van der Waals surface area contributed by atoms with E-state index >= 15 is 0 Å². The van der Waals surface area contributed by atoms with Crippen LogP contribution in [0.25, 0.3) is 11.1 Å². The first-order chi connectivity index (χ1) is 7.43. The molecule has 0 saturated heterocycles. The molecule has 1 nitrogen and oxygen atoms in total. The molecule has 0 aromatic heterocycles. The fraction of sp³-hybridized carbons (Fsp3) is 0.143. The van der Waals surface area contributed by atoms with Crippen LogP contribution in [-0.2, 0) is 6.42 Å². The molecule has 1 heteroatoms. The zero-order valence-corrected chi connectivity index (χ0v) is 8.36. The van der Waals surface area contributed by atoms with E-state index in [2.05, 4.69) is 30.3 Å². The van der Waals surface area contributed by atoms with Crippen molar-refractivity contribution >= 4 is 0 Å². The molecule has 0 N–H and O–H groups in total. The third-order valence-corrected chi connectivity index (χ3v) is 2.73. The molecule has 0 aliphatic carbocycles. The summed E-state index contributed by atoms with van der Waals surface area (Å²) in [6, 6.07) is 17.5. The highest BCUT2D eigenvalue weighted by molar-refractivity contribution is 5.65. The van der Waals surface area contributed by atoms with Crippen molar-refractivity contribution < 1.29 is 4.74 Å². The lowest BCUT2D eigenvalue weighted by molar-refractivity contribution is 0.357. The highest BCUT2D eigenvalue weighted by Gasteiger charge is 2.12. The van der Waals surface area contributed by atoms with Gasteiger partial charge in [0, 0.05) is 6.42 Å². The highest BCUT2D eigenvalue weighted by Crippen LogP contribution is 2.30. The lowest BCUT2D eigenvalue weighted by atomic mass is 10.0. The minimum Gasteiger partial charge on any atom is -0.493 e. The van der Waals surface area contributed by atoms with Crippen molar-refractivity contribution in [3.63, 3.8) is 0 Å². The molecule has 0 amide bonds. The largest absolute Gasteiger partial charge is 0.493 e. The van der Waals surface area contributed by atoms with E-state index < -0.39 is 0 Å². The first-order valence-electron chi connectivity index (χ1n) is 5.16. The van der Waals surface area contributed by atoms with Gasteiger partial charge in [-0.15, -0.1) is 0 Å². The van der Waals surface area contributed by atoms with Crippen molar-refractivity contribution in [1.29, 1.82) is 0 Å². The number of fused-ring (bicyclic) bond motifs is 1. The summed E-state index contributed by atoms with van der Waals surface area (Å²) in [5.41, 5.74) is 3.78. The number of rotatable bonds is 1. The Balaban J connectivity index is 2.07. The Morgan fingerprint density at radius 2 is 2.13 bits per heavy atom. The fourth-order valence-corrected chi connectivity index (χ4v) is 1.94. The second-order valence-corrected chi connectivity index (χ2v) is 3.71. The number of hydrogen-bond donors (Lipinski definition) is 0. The van der Waals surface area contributed by atoms with Crippen molar-refractivity contribution in [2.24, 2.45) is 0 Å². The summed E-state index contributed by atoms with van der Waals surface area (Å²) in [6.07, 6.45) is 1.03. The van der Waals surface area contributed by atoms with E-state index in [-0.39, 0.29) is 0 Å². The minimum atomic E-state index is 0.819. The molecule has 2 aromatic rings. The van der Waals surface area contributed by atoms with Crippen molar-refractivity contribution in [3.8, 4) is 16.9 Å². The van der Waals surface area contributed by atoms with Gasteiger partial charge in [-0.1, -0.05) is 24.3 Å². The fourth-order valence-electron chi connectivity index (χ4n) is 1.94. The topological polar surface area (TPSA) is 9.23 Å². The monoisotopic (exact) mass is 195 g/mol. The maximum atomic E-state index is 5.48. The average molecular weight is 195 g/mol. The third-order valence-electron chi connectivity index (χ3n) is 2.73. The molecular weight excluding hydrogens is 184 g/mol. The molecule has 1 aliphatic heterocycles. The normalized spacial score (nSPS) is 13.3. The molecule has 2 aromatic carbocycles. The Morgan fingerprint density at radius 1 is 1.13 bits per heavy atom. The number of benzene rings is 2. The molecule has 0 spiro atoms. The second kappa shape index (κ2) is 3.43. The maximum Gasteiger partial charge on any atom is 0.122 e. The van der Waals surface area contributed by atoms with Crippen molar-refractivity contribution in [2.45, 2.75) is 6.42 Å². The van der Waals surface area contributed by atoms with E-state index in [1.54, 1.807) is 0 Å². The molecule has 0 fully saturated rings.